The number of hydrogen-bond donors (Lipinski definition) is 5. The van der Waals surface area contributed by atoms with Gasteiger partial charge < -0.3 is 26.4 Å². The molecule has 6 N–H and O–H groups in total. The van der Waals surface area contributed by atoms with Crippen LogP contribution in [0.3, 0.4) is 0 Å². The fourth-order valence-corrected chi connectivity index (χ4v) is 1.30. The lowest BCUT2D eigenvalue weighted by Crippen LogP contribution is -2.44. The van der Waals surface area contributed by atoms with E-state index in [0.29, 0.717) is 5.56 Å². The number of hydrogen-bond acceptors (Lipinski definition) is 4. The average molecular weight is 240 g/mol. The molecule has 0 aliphatic rings. The number of amides is 2. The third-order valence-electron chi connectivity index (χ3n) is 2.09. The molecule has 0 saturated heterocycles. The molecule has 0 aromatic heterocycles. The Kier molecular flexibility index (Phi) is 3.76. The number of carbonyl (C=O) groups is 2. The summed E-state index contributed by atoms with van der Waals surface area (Å²) in [6, 6.07) is 1.76. The molecular formula is C10H12N2O5. The normalized spacial score (nSPS) is 11.8. The van der Waals surface area contributed by atoms with Gasteiger partial charge in [-0.2, -0.15) is 0 Å². The number of nitrogens with one attached hydrogen (secondary N) is 1. The van der Waals surface area contributed by atoms with Crippen LogP contribution < -0.4 is 11.1 Å². The van der Waals surface area contributed by atoms with Gasteiger partial charge in [0.1, 0.15) is 6.04 Å². The van der Waals surface area contributed by atoms with Crippen molar-refractivity contribution >= 4 is 12.0 Å². The summed E-state index contributed by atoms with van der Waals surface area (Å²) in [6.45, 7) is 0. The van der Waals surface area contributed by atoms with Gasteiger partial charge in [0.15, 0.2) is 11.5 Å². The molecule has 1 aromatic rings. The standard InChI is InChI=1S/C10H12N2O5/c11-10(17)12-6(9(15)16)3-5-1-2-7(13)8(14)4-5/h1-2,4,6,13-14H,3H2,(H,15,16)(H3,11,12,17). The predicted octanol–water partition coefficient (Wildman–Crippen LogP) is -0.238. The van der Waals surface area contributed by atoms with E-state index in [1.54, 1.807) is 0 Å². The highest BCUT2D eigenvalue weighted by Gasteiger charge is 2.19. The number of carboxylic acid groups (broad SMARTS) is 1. The maximum absolute atomic E-state index is 10.8. The largest absolute Gasteiger partial charge is 0.504 e. The van der Waals surface area contributed by atoms with Crippen LogP contribution in [-0.4, -0.2) is 33.4 Å². The maximum Gasteiger partial charge on any atom is 0.326 e. The number of nitrogens with two attached hydrogens (primary N) is 1. The van der Waals surface area contributed by atoms with Crippen molar-refractivity contribution in [1.82, 2.24) is 5.32 Å². The minimum Gasteiger partial charge on any atom is -0.504 e. The van der Waals surface area contributed by atoms with Crippen molar-refractivity contribution in [2.24, 2.45) is 5.73 Å². The van der Waals surface area contributed by atoms with E-state index in [1.165, 1.54) is 18.2 Å². The lowest BCUT2D eigenvalue weighted by atomic mass is 10.1. The third-order valence-corrected chi connectivity index (χ3v) is 2.09. The van der Waals surface area contributed by atoms with Gasteiger partial charge in [-0.15, -0.1) is 0 Å². The first-order chi connectivity index (χ1) is 7.90. The molecule has 1 unspecified atom stereocenters. The Balaban J connectivity index is 2.82. The first kappa shape index (κ1) is 12.6. The van der Waals surface area contributed by atoms with Crippen molar-refractivity contribution in [3.8, 4) is 11.5 Å². The van der Waals surface area contributed by atoms with Gasteiger partial charge in [0, 0.05) is 6.42 Å². The first-order valence-corrected chi connectivity index (χ1v) is 4.69. The van der Waals surface area contributed by atoms with Crippen LogP contribution in [0.2, 0.25) is 0 Å². The number of urea groups is 1. The van der Waals surface area contributed by atoms with Crippen molar-refractivity contribution in [2.75, 3.05) is 0 Å². The number of primary amides is 1. The van der Waals surface area contributed by atoms with E-state index in [-0.39, 0.29) is 17.9 Å². The van der Waals surface area contributed by atoms with Crippen LogP contribution in [0.4, 0.5) is 4.79 Å². The Hall–Kier alpha value is -2.44. The molecule has 92 valence electrons. The summed E-state index contributed by atoms with van der Waals surface area (Å²) in [5, 5.41) is 29.2. The zero-order valence-corrected chi connectivity index (χ0v) is 8.75. The molecular weight excluding hydrogens is 228 g/mol. The topological polar surface area (TPSA) is 133 Å². The van der Waals surface area contributed by atoms with Gasteiger partial charge in [0.05, 0.1) is 0 Å². The molecule has 0 heterocycles. The average Bonchev–Trinajstić information content (AvgIpc) is 2.21. The molecule has 1 rings (SSSR count). The summed E-state index contributed by atoms with van der Waals surface area (Å²) in [5.41, 5.74) is 5.28. The van der Waals surface area contributed by atoms with Crippen molar-refractivity contribution in [1.29, 1.82) is 0 Å². The molecule has 0 radical (unpaired) electrons. The number of aromatic hydroxyl groups is 2. The molecule has 1 aromatic carbocycles. The molecule has 0 spiro atoms. The molecule has 0 aliphatic carbocycles. The Bertz CT molecular complexity index is 446. The highest BCUT2D eigenvalue weighted by Crippen LogP contribution is 2.25. The molecule has 2 amide bonds. The van der Waals surface area contributed by atoms with Crippen LogP contribution in [0.5, 0.6) is 11.5 Å². The van der Waals surface area contributed by atoms with E-state index in [9.17, 15) is 14.7 Å². The molecule has 0 aliphatic heterocycles. The van der Waals surface area contributed by atoms with E-state index in [4.69, 9.17) is 15.9 Å². The van der Waals surface area contributed by atoms with E-state index in [2.05, 4.69) is 5.32 Å². The third kappa shape index (κ3) is 3.56. The molecule has 7 heteroatoms. The first-order valence-electron chi connectivity index (χ1n) is 4.69. The monoisotopic (exact) mass is 240 g/mol. The SMILES string of the molecule is NC(=O)NC(Cc1ccc(O)c(O)c1)C(=O)O. The number of carboxylic acids is 1. The maximum atomic E-state index is 10.8. The molecule has 0 bridgehead atoms. The second-order valence-electron chi connectivity index (χ2n) is 3.43. The lowest BCUT2D eigenvalue weighted by Gasteiger charge is -2.13. The summed E-state index contributed by atoms with van der Waals surface area (Å²) in [6.07, 6.45) is -0.0495. The second kappa shape index (κ2) is 5.06. The minimum absolute atomic E-state index is 0.0495. The van der Waals surface area contributed by atoms with Gasteiger partial charge in [0.25, 0.3) is 0 Å². The minimum atomic E-state index is -1.24. The molecule has 0 fully saturated rings. The van der Waals surface area contributed by atoms with Crippen LogP contribution >= 0.6 is 0 Å². The van der Waals surface area contributed by atoms with Crippen molar-refractivity contribution in [3.63, 3.8) is 0 Å². The second-order valence-corrected chi connectivity index (χ2v) is 3.43. The quantitative estimate of drug-likeness (QED) is 0.463. The number of carbonyl (C=O) groups excluding carboxylic acids is 1. The van der Waals surface area contributed by atoms with Crippen molar-refractivity contribution in [2.45, 2.75) is 12.5 Å². The molecule has 17 heavy (non-hydrogen) atoms. The fraction of sp³-hybridized carbons (Fsp3) is 0.200. The summed E-state index contributed by atoms with van der Waals surface area (Å²) in [7, 11) is 0. The molecule has 0 saturated carbocycles. The van der Waals surface area contributed by atoms with E-state index < -0.39 is 18.0 Å². The van der Waals surface area contributed by atoms with Crippen molar-refractivity contribution in [3.05, 3.63) is 23.8 Å². The predicted molar refractivity (Wildman–Crippen MR) is 57.6 cm³/mol. The number of benzene rings is 1. The number of aliphatic carboxylic acids is 1. The number of rotatable bonds is 4. The van der Waals surface area contributed by atoms with Gasteiger partial charge in [-0.05, 0) is 17.7 Å². The zero-order chi connectivity index (χ0) is 13.0. The highest BCUT2D eigenvalue weighted by atomic mass is 16.4. The van der Waals surface area contributed by atoms with Gasteiger partial charge in [-0.3, -0.25) is 0 Å². The Morgan fingerprint density at radius 1 is 1.29 bits per heavy atom. The summed E-state index contributed by atoms with van der Waals surface area (Å²) in [5.74, 6) is -1.90. The van der Waals surface area contributed by atoms with E-state index in [1.807, 2.05) is 0 Å². The summed E-state index contributed by atoms with van der Waals surface area (Å²) < 4.78 is 0. The Morgan fingerprint density at radius 2 is 1.94 bits per heavy atom. The highest BCUT2D eigenvalue weighted by molar-refractivity contribution is 5.81. The van der Waals surface area contributed by atoms with Gasteiger partial charge in [-0.1, -0.05) is 6.07 Å². The van der Waals surface area contributed by atoms with Crippen molar-refractivity contribution < 1.29 is 24.9 Å². The van der Waals surface area contributed by atoms with Crippen LogP contribution in [0.25, 0.3) is 0 Å². The Labute approximate surface area is 96.5 Å². The summed E-state index contributed by atoms with van der Waals surface area (Å²) in [4.78, 5) is 21.4. The molecule has 1 atom stereocenters. The van der Waals surface area contributed by atoms with Gasteiger partial charge >= 0.3 is 12.0 Å². The fourth-order valence-electron chi connectivity index (χ4n) is 1.30. The number of phenols is 2. The van der Waals surface area contributed by atoms with Crippen LogP contribution in [-0.2, 0) is 11.2 Å². The van der Waals surface area contributed by atoms with Crippen LogP contribution in [0.15, 0.2) is 18.2 Å². The van der Waals surface area contributed by atoms with Crippen LogP contribution in [0.1, 0.15) is 5.56 Å². The van der Waals surface area contributed by atoms with E-state index >= 15 is 0 Å². The zero-order valence-electron chi connectivity index (χ0n) is 8.75. The smallest absolute Gasteiger partial charge is 0.326 e. The lowest BCUT2D eigenvalue weighted by molar-refractivity contribution is -0.139. The number of phenolic OH excluding ortho intramolecular Hbond substituents is 2. The Morgan fingerprint density at radius 3 is 2.41 bits per heavy atom. The molecule has 7 nitrogen and oxygen atoms in total. The van der Waals surface area contributed by atoms with Gasteiger partial charge in [-0.25, -0.2) is 9.59 Å². The summed E-state index contributed by atoms with van der Waals surface area (Å²) >= 11 is 0. The van der Waals surface area contributed by atoms with Crippen LogP contribution in [0, 0.1) is 0 Å². The van der Waals surface area contributed by atoms with Gasteiger partial charge in [0.2, 0.25) is 0 Å². The van der Waals surface area contributed by atoms with E-state index in [0.717, 1.165) is 0 Å².